The number of fused-ring (bicyclic) bond motifs is 1. The highest BCUT2D eigenvalue weighted by Gasteiger charge is 2.32. The maximum Gasteiger partial charge on any atom is 0.260 e. The summed E-state index contributed by atoms with van der Waals surface area (Å²) in [6.45, 7) is 1.06. The molecule has 2 N–H and O–H groups in total. The number of aromatic nitrogens is 1. The Hall–Kier alpha value is -3.13. The molecule has 1 unspecified atom stereocenters. The molecule has 0 bridgehead atoms. The number of nitrogens with two attached hydrogens (primary N) is 1. The first-order valence-electron chi connectivity index (χ1n) is 9.29. The number of hydrogen-bond donors (Lipinski definition) is 1. The molecule has 3 heterocycles. The fourth-order valence-corrected chi connectivity index (χ4v) is 4.81. The summed E-state index contributed by atoms with van der Waals surface area (Å²) in [4.78, 5) is 32.1. The minimum Gasteiger partial charge on any atom is -0.493 e. The molecule has 0 saturated carbocycles. The molecule has 1 aliphatic rings. The Bertz CT molecular complexity index is 1070. The predicted molar refractivity (Wildman–Crippen MR) is 111 cm³/mol. The number of primary amides is 1. The van der Waals surface area contributed by atoms with Gasteiger partial charge < -0.3 is 20.1 Å². The number of hydrogen-bond acceptors (Lipinski definition) is 6. The Kier molecular flexibility index (Phi) is 5.35. The molecule has 4 rings (SSSR count). The van der Waals surface area contributed by atoms with Crippen molar-refractivity contribution in [2.24, 2.45) is 5.73 Å². The molecule has 29 heavy (non-hydrogen) atoms. The molecular formula is C21H21N3O4S. The van der Waals surface area contributed by atoms with Crippen molar-refractivity contribution in [3.05, 3.63) is 53.0 Å². The van der Waals surface area contributed by atoms with Crippen LogP contribution in [-0.4, -0.2) is 48.5 Å². The SMILES string of the molecule is COc1ccccc1OCC(=O)N1CCC(c2c(C(N)=O)sc3ncccc23)C1. The minimum absolute atomic E-state index is 0.0469. The number of thiophene rings is 1. The predicted octanol–water partition coefficient (Wildman–Crippen LogP) is 2.80. The number of pyridine rings is 1. The average Bonchev–Trinajstić information content (AvgIpc) is 3.36. The lowest BCUT2D eigenvalue weighted by atomic mass is 9.95. The summed E-state index contributed by atoms with van der Waals surface area (Å²) in [5.41, 5.74) is 6.52. The number of carbonyl (C=O) groups is 2. The van der Waals surface area contributed by atoms with E-state index in [-0.39, 0.29) is 18.4 Å². The molecule has 150 valence electrons. The summed E-state index contributed by atoms with van der Waals surface area (Å²) in [5, 5.41) is 0.941. The second kappa shape index (κ2) is 8.08. The zero-order valence-corrected chi connectivity index (χ0v) is 16.8. The number of para-hydroxylation sites is 2. The number of rotatable bonds is 6. The number of methoxy groups -OCH3 is 1. The van der Waals surface area contributed by atoms with Gasteiger partial charge in [-0.3, -0.25) is 9.59 Å². The van der Waals surface area contributed by atoms with E-state index in [2.05, 4.69) is 4.98 Å². The summed E-state index contributed by atoms with van der Waals surface area (Å²) in [5.74, 6) is 0.614. The van der Waals surface area contributed by atoms with Gasteiger partial charge in [-0.15, -0.1) is 11.3 Å². The standard InChI is InChI=1S/C21H21N3O4S/c1-27-15-6-2-3-7-16(15)28-12-17(25)24-10-8-13(11-24)18-14-5-4-9-23-21(14)29-19(18)20(22)26/h2-7,9,13H,8,10-12H2,1H3,(H2,22,26). The van der Waals surface area contributed by atoms with Crippen LogP contribution in [-0.2, 0) is 4.79 Å². The molecule has 1 aliphatic heterocycles. The van der Waals surface area contributed by atoms with E-state index in [4.69, 9.17) is 15.2 Å². The van der Waals surface area contributed by atoms with Crippen molar-refractivity contribution in [2.75, 3.05) is 26.8 Å². The Morgan fingerprint density at radius 2 is 2.03 bits per heavy atom. The zero-order valence-electron chi connectivity index (χ0n) is 16.0. The Labute approximate surface area is 172 Å². The van der Waals surface area contributed by atoms with Gasteiger partial charge in [0.05, 0.1) is 12.0 Å². The monoisotopic (exact) mass is 411 g/mol. The van der Waals surface area contributed by atoms with E-state index < -0.39 is 5.91 Å². The topological polar surface area (TPSA) is 94.8 Å². The quantitative estimate of drug-likeness (QED) is 0.673. The maximum atomic E-state index is 12.7. The molecule has 3 aromatic rings. The van der Waals surface area contributed by atoms with Gasteiger partial charge in [-0.25, -0.2) is 4.98 Å². The summed E-state index contributed by atoms with van der Waals surface area (Å²) < 4.78 is 10.9. The summed E-state index contributed by atoms with van der Waals surface area (Å²) in [6, 6.07) is 11.0. The number of likely N-dealkylation sites (tertiary alicyclic amines) is 1. The number of nitrogens with zero attached hydrogens (tertiary/aromatic N) is 2. The molecule has 7 nitrogen and oxygen atoms in total. The number of carbonyl (C=O) groups excluding carboxylic acids is 2. The highest BCUT2D eigenvalue weighted by molar-refractivity contribution is 7.20. The van der Waals surface area contributed by atoms with E-state index in [9.17, 15) is 9.59 Å². The summed E-state index contributed by atoms with van der Waals surface area (Å²) in [6.07, 6.45) is 2.47. The number of ether oxygens (including phenoxy) is 2. The third-order valence-electron chi connectivity index (χ3n) is 5.10. The van der Waals surface area contributed by atoms with Crippen molar-refractivity contribution in [3.63, 3.8) is 0 Å². The lowest BCUT2D eigenvalue weighted by Crippen LogP contribution is -2.33. The number of amides is 2. The van der Waals surface area contributed by atoms with Gasteiger partial charge >= 0.3 is 0 Å². The summed E-state index contributed by atoms with van der Waals surface area (Å²) in [7, 11) is 1.56. The van der Waals surface area contributed by atoms with Gasteiger partial charge in [0.25, 0.3) is 11.8 Å². The molecule has 8 heteroatoms. The first-order valence-corrected chi connectivity index (χ1v) is 10.1. The van der Waals surface area contributed by atoms with Crippen molar-refractivity contribution in [3.8, 4) is 11.5 Å². The van der Waals surface area contributed by atoms with E-state index in [1.165, 1.54) is 11.3 Å². The van der Waals surface area contributed by atoms with E-state index in [0.29, 0.717) is 29.5 Å². The van der Waals surface area contributed by atoms with Gasteiger partial charge in [0.1, 0.15) is 4.83 Å². The second-order valence-corrected chi connectivity index (χ2v) is 7.83. The molecule has 1 atom stereocenters. The largest absolute Gasteiger partial charge is 0.493 e. The van der Waals surface area contributed by atoms with Crippen LogP contribution in [0.2, 0.25) is 0 Å². The molecule has 2 aromatic heterocycles. The number of benzene rings is 1. The van der Waals surface area contributed by atoms with E-state index in [0.717, 1.165) is 22.2 Å². The van der Waals surface area contributed by atoms with Crippen LogP contribution in [0.1, 0.15) is 27.6 Å². The highest BCUT2D eigenvalue weighted by atomic mass is 32.1. The van der Waals surface area contributed by atoms with Crippen molar-refractivity contribution in [2.45, 2.75) is 12.3 Å². The van der Waals surface area contributed by atoms with E-state index in [1.807, 2.05) is 24.3 Å². The molecule has 2 amide bonds. The minimum atomic E-state index is -0.452. The van der Waals surface area contributed by atoms with Gasteiger partial charge in [-0.2, -0.15) is 0 Å². The molecule has 1 fully saturated rings. The maximum absolute atomic E-state index is 12.7. The zero-order chi connectivity index (χ0) is 20.4. The van der Waals surface area contributed by atoms with E-state index >= 15 is 0 Å². The molecule has 1 saturated heterocycles. The van der Waals surface area contributed by atoms with Crippen LogP contribution in [0.15, 0.2) is 42.6 Å². The lowest BCUT2D eigenvalue weighted by Gasteiger charge is -2.18. The molecule has 0 aliphatic carbocycles. The van der Waals surface area contributed by atoms with Crippen LogP contribution in [0.3, 0.4) is 0 Å². The fourth-order valence-electron chi connectivity index (χ4n) is 3.73. The van der Waals surface area contributed by atoms with Gasteiger partial charge in [-0.05, 0) is 30.2 Å². The fraction of sp³-hybridized carbons (Fsp3) is 0.286. The third-order valence-corrected chi connectivity index (χ3v) is 6.24. The van der Waals surface area contributed by atoms with Crippen LogP contribution < -0.4 is 15.2 Å². The first kappa shape index (κ1) is 19.2. The smallest absolute Gasteiger partial charge is 0.260 e. The van der Waals surface area contributed by atoms with E-state index in [1.54, 1.807) is 30.3 Å². The Balaban J connectivity index is 1.48. The average molecular weight is 411 g/mol. The lowest BCUT2D eigenvalue weighted by molar-refractivity contribution is -0.132. The van der Waals surface area contributed by atoms with Gasteiger partial charge in [0.2, 0.25) is 0 Å². The van der Waals surface area contributed by atoms with Crippen molar-refractivity contribution in [1.82, 2.24) is 9.88 Å². The van der Waals surface area contributed by atoms with Gasteiger partial charge in [0.15, 0.2) is 18.1 Å². The summed E-state index contributed by atoms with van der Waals surface area (Å²) >= 11 is 1.31. The van der Waals surface area contributed by atoms with Gasteiger partial charge in [0, 0.05) is 30.6 Å². The second-order valence-electron chi connectivity index (χ2n) is 6.83. The van der Waals surface area contributed by atoms with Crippen LogP contribution in [0.4, 0.5) is 0 Å². The van der Waals surface area contributed by atoms with Crippen LogP contribution >= 0.6 is 11.3 Å². The molecule has 0 radical (unpaired) electrons. The van der Waals surface area contributed by atoms with Crippen molar-refractivity contribution >= 4 is 33.4 Å². The van der Waals surface area contributed by atoms with Crippen molar-refractivity contribution < 1.29 is 19.1 Å². The van der Waals surface area contributed by atoms with Crippen LogP contribution in [0, 0.1) is 0 Å². The van der Waals surface area contributed by atoms with Gasteiger partial charge in [-0.1, -0.05) is 18.2 Å². The normalized spacial score (nSPS) is 16.2. The molecule has 0 spiro atoms. The Morgan fingerprint density at radius 1 is 1.24 bits per heavy atom. The van der Waals surface area contributed by atoms with Crippen LogP contribution in [0.5, 0.6) is 11.5 Å². The third kappa shape index (κ3) is 3.75. The molecular weight excluding hydrogens is 390 g/mol. The Morgan fingerprint density at radius 3 is 2.79 bits per heavy atom. The van der Waals surface area contributed by atoms with Crippen molar-refractivity contribution in [1.29, 1.82) is 0 Å². The van der Waals surface area contributed by atoms with Crippen LogP contribution in [0.25, 0.3) is 10.2 Å². The first-order chi connectivity index (χ1) is 14.1. The molecule has 1 aromatic carbocycles. The highest BCUT2D eigenvalue weighted by Crippen LogP contribution is 2.39.